The molecule has 1 aliphatic rings. The summed E-state index contributed by atoms with van der Waals surface area (Å²) in [5.74, 6) is -0.719. The molecule has 138 valence electrons. The highest BCUT2D eigenvalue weighted by atomic mass is 35.5. The highest BCUT2D eigenvalue weighted by molar-refractivity contribution is 8.00. The lowest BCUT2D eigenvalue weighted by molar-refractivity contribution is -0.155. The number of nitrogens with zero attached hydrogens (tertiary/aromatic N) is 1. The van der Waals surface area contributed by atoms with Gasteiger partial charge in [-0.05, 0) is 26.0 Å². The minimum absolute atomic E-state index is 0.0148. The Kier molecular flexibility index (Phi) is 7.70. The average molecular weight is 427 g/mol. The molecule has 1 saturated heterocycles. The van der Waals surface area contributed by atoms with Crippen LogP contribution in [0.15, 0.2) is 17.0 Å². The summed E-state index contributed by atoms with van der Waals surface area (Å²) in [6.07, 6.45) is -0.0634. The van der Waals surface area contributed by atoms with E-state index in [2.05, 4.69) is 0 Å². The van der Waals surface area contributed by atoms with Crippen LogP contribution in [0.1, 0.15) is 13.8 Å². The summed E-state index contributed by atoms with van der Waals surface area (Å²) in [5.41, 5.74) is 0. The van der Waals surface area contributed by atoms with Crippen LogP contribution in [0.5, 0.6) is 0 Å². The van der Waals surface area contributed by atoms with Gasteiger partial charge in [0.25, 0.3) is 5.91 Å². The molecule has 1 heterocycles. The van der Waals surface area contributed by atoms with Gasteiger partial charge in [0.1, 0.15) is 0 Å². The Hall–Kier alpha value is -0.660. The van der Waals surface area contributed by atoms with Gasteiger partial charge in [0.05, 0.1) is 33.0 Å². The molecule has 2 atom stereocenters. The molecule has 0 aromatic heterocycles. The first kappa shape index (κ1) is 20.6. The molecule has 0 radical (unpaired) electrons. The van der Waals surface area contributed by atoms with Crippen LogP contribution in [-0.2, 0) is 19.1 Å². The fraction of sp³-hybridized carbons (Fsp3) is 0.500. The van der Waals surface area contributed by atoms with Crippen LogP contribution in [0, 0.1) is 0 Å². The molecular formula is C16H18Cl3NO4S. The normalized spacial score (nSPS) is 20.4. The Morgan fingerprint density at radius 1 is 1.20 bits per heavy atom. The van der Waals surface area contributed by atoms with Crippen LogP contribution in [0.4, 0.5) is 0 Å². The van der Waals surface area contributed by atoms with Crippen molar-refractivity contribution < 1.29 is 19.1 Å². The largest absolute Gasteiger partial charge is 0.455 e. The van der Waals surface area contributed by atoms with Crippen molar-refractivity contribution in [2.24, 2.45) is 0 Å². The second-order valence-corrected chi connectivity index (χ2v) is 7.86. The maximum atomic E-state index is 12.1. The van der Waals surface area contributed by atoms with Gasteiger partial charge in [0.2, 0.25) is 0 Å². The second-order valence-electron chi connectivity index (χ2n) is 5.68. The number of carbonyl (C=O) groups is 2. The summed E-state index contributed by atoms with van der Waals surface area (Å²) in [6.45, 7) is 4.51. The third-order valence-electron chi connectivity index (χ3n) is 3.47. The molecule has 0 saturated carbocycles. The Labute approximate surface area is 165 Å². The zero-order valence-electron chi connectivity index (χ0n) is 13.8. The van der Waals surface area contributed by atoms with Crippen molar-refractivity contribution in [3.05, 3.63) is 27.2 Å². The summed E-state index contributed by atoms with van der Waals surface area (Å²) >= 11 is 19.1. The predicted octanol–water partition coefficient (Wildman–Crippen LogP) is 3.92. The molecule has 1 aliphatic heterocycles. The van der Waals surface area contributed by atoms with Gasteiger partial charge in [-0.1, -0.05) is 34.8 Å². The molecular weight excluding hydrogens is 409 g/mol. The van der Waals surface area contributed by atoms with E-state index in [-0.39, 0.29) is 35.5 Å². The van der Waals surface area contributed by atoms with Crippen molar-refractivity contribution >= 4 is 58.4 Å². The first-order valence-corrected chi connectivity index (χ1v) is 9.75. The lowest BCUT2D eigenvalue weighted by Crippen LogP contribution is -2.49. The van der Waals surface area contributed by atoms with E-state index in [1.54, 1.807) is 17.0 Å². The number of hydrogen-bond acceptors (Lipinski definition) is 5. The van der Waals surface area contributed by atoms with Gasteiger partial charge in [0, 0.05) is 18.0 Å². The molecule has 0 N–H and O–H groups in total. The van der Waals surface area contributed by atoms with E-state index in [9.17, 15) is 9.59 Å². The molecule has 5 nitrogen and oxygen atoms in total. The lowest BCUT2D eigenvalue weighted by Gasteiger charge is -2.35. The summed E-state index contributed by atoms with van der Waals surface area (Å²) in [6, 6.07) is 3.28. The van der Waals surface area contributed by atoms with Gasteiger partial charge in [-0.3, -0.25) is 9.59 Å². The number of benzene rings is 1. The van der Waals surface area contributed by atoms with E-state index in [4.69, 9.17) is 44.3 Å². The molecule has 9 heteroatoms. The van der Waals surface area contributed by atoms with Gasteiger partial charge in [-0.25, -0.2) is 0 Å². The molecule has 0 spiro atoms. The molecule has 1 aromatic carbocycles. The smallest absolute Gasteiger partial charge is 0.316 e. The number of thioether (sulfide) groups is 1. The number of esters is 1. The van der Waals surface area contributed by atoms with Crippen LogP contribution in [-0.4, -0.2) is 54.4 Å². The van der Waals surface area contributed by atoms with Crippen molar-refractivity contribution in [2.45, 2.75) is 31.0 Å². The van der Waals surface area contributed by atoms with Crippen LogP contribution < -0.4 is 0 Å². The maximum absolute atomic E-state index is 12.1. The third kappa shape index (κ3) is 5.93. The van der Waals surface area contributed by atoms with Crippen molar-refractivity contribution in [2.75, 3.05) is 25.4 Å². The molecule has 0 aliphatic carbocycles. The molecule has 2 unspecified atom stereocenters. The monoisotopic (exact) mass is 425 g/mol. The zero-order chi connectivity index (χ0) is 18.6. The van der Waals surface area contributed by atoms with Crippen molar-refractivity contribution in [3.8, 4) is 0 Å². The fourth-order valence-electron chi connectivity index (χ4n) is 2.41. The topological polar surface area (TPSA) is 55.8 Å². The Morgan fingerprint density at radius 2 is 1.84 bits per heavy atom. The standard InChI is InChI=1S/C16H18Cl3NO4S/c1-9-5-20(6-10(2)24-9)13(21)7-23-14(22)8-25-12-4-3-11(17)15(18)16(12)19/h3-4,9-10H,5-8H2,1-2H3. The first-order valence-electron chi connectivity index (χ1n) is 7.63. The third-order valence-corrected chi connectivity index (χ3v) is 5.91. The lowest BCUT2D eigenvalue weighted by atomic mass is 10.2. The fourth-order valence-corrected chi connectivity index (χ4v) is 3.92. The van der Waals surface area contributed by atoms with E-state index in [1.165, 1.54) is 11.8 Å². The minimum atomic E-state index is -0.505. The Balaban J connectivity index is 1.79. The molecule has 1 fully saturated rings. The Morgan fingerprint density at radius 3 is 2.48 bits per heavy atom. The number of carbonyl (C=O) groups excluding carboxylic acids is 2. The van der Waals surface area contributed by atoms with E-state index in [0.717, 1.165) is 0 Å². The van der Waals surface area contributed by atoms with E-state index in [0.29, 0.717) is 28.0 Å². The first-order chi connectivity index (χ1) is 11.8. The SMILES string of the molecule is CC1CN(C(=O)COC(=O)CSc2ccc(Cl)c(Cl)c2Cl)CC(C)O1. The van der Waals surface area contributed by atoms with Gasteiger partial charge >= 0.3 is 5.97 Å². The summed E-state index contributed by atoms with van der Waals surface area (Å²) < 4.78 is 10.6. The number of ether oxygens (including phenoxy) is 2. The number of rotatable bonds is 5. The van der Waals surface area contributed by atoms with E-state index < -0.39 is 5.97 Å². The molecule has 2 rings (SSSR count). The van der Waals surface area contributed by atoms with E-state index in [1.807, 2.05) is 13.8 Å². The van der Waals surface area contributed by atoms with Gasteiger partial charge in [0.15, 0.2) is 6.61 Å². The average Bonchev–Trinajstić information content (AvgIpc) is 2.56. The predicted molar refractivity (Wildman–Crippen MR) is 99.7 cm³/mol. The maximum Gasteiger partial charge on any atom is 0.316 e. The Bertz CT molecular complexity index is 649. The highest BCUT2D eigenvalue weighted by Gasteiger charge is 2.26. The quantitative estimate of drug-likeness (QED) is 0.406. The van der Waals surface area contributed by atoms with Crippen LogP contribution >= 0.6 is 46.6 Å². The molecule has 0 bridgehead atoms. The molecule has 1 aromatic rings. The number of morpholine rings is 1. The van der Waals surface area contributed by atoms with E-state index >= 15 is 0 Å². The van der Waals surface area contributed by atoms with Crippen LogP contribution in [0.3, 0.4) is 0 Å². The van der Waals surface area contributed by atoms with Crippen molar-refractivity contribution in [3.63, 3.8) is 0 Å². The van der Waals surface area contributed by atoms with Gasteiger partial charge in [-0.2, -0.15) is 0 Å². The number of halogens is 3. The van der Waals surface area contributed by atoms with Crippen molar-refractivity contribution in [1.29, 1.82) is 0 Å². The van der Waals surface area contributed by atoms with Crippen LogP contribution in [0.25, 0.3) is 0 Å². The van der Waals surface area contributed by atoms with Gasteiger partial charge < -0.3 is 14.4 Å². The van der Waals surface area contributed by atoms with Gasteiger partial charge in [-0.15, -0.1) is 11.8 Å². The van der Waals surface area contributed by atoms with Crippen molar-refractivity contribution in [1.82, 2.24) is 4.90 Å². The number of amides is 1. The highest BCUT2D eigenvalue weighted by Crippen LogP contribution is 2.37. The zero-order valence-corrected chi connectivity index (χ0v) is 16.8. The number of hydrogen-bond donors (Lipinski definition) is 0. The molecule has 25 heavy (non-hydrogen) atoms. The summed E-state index contributed by atoms with van der Waals surface area (Å²) in [5, 5.41) is 0.880. The minimum Gasteiger partial charge on any atom is -0.455 e. The summed E-state index contributed by atoms with van der Waals surface area (Å²) in [7, 11) is 0. The second kappa shape index (κ2) is 9.33. The molecule has 1 amide bonds. The van der Waals surface area contributed by atoms with Crippen LogP contribution in [0.2, 0.25) is 15.1 Å². The summed E-state index contributed by atoms with van der Waals surface area (Å²) in [4.78, 5) is 26.3.